The normalized spacial score (nSPS) is 10.7. The number of carbonyl (C=O) groups is 1. The van der Waals surface area contributed by atoms with Crippen LogP contribution in [0.3, 0.4) is 0 Å². The van der Waals surface area contributed by atoms with Crippen LogP contribution >= 0.6 is 0 Å². The fourth-order valence-corrected chi connectivity index (χ4v) is 2.68. The predicted octanol–water partition coefficient (Wildman–Crippen LogP) is 4.13. The number of pyridine rings is 1. The first-order valence-corrected chi connectivity index (χ1v) is 8.40. The van der Waals surface area contributed by atoms with Gasteiger partial charge in [0, 0.05) is 24.5 Å². The average Bonchev–Trinajstić information content (AvgIpc) is 3.21. The Balaban J connectivity index is 1.87. The molecule has 1 aromatic carbocycles. The second-order valence-corrected chi connectivity index (χ2v) is 5.85. The van der Waals surface area contributed by atoms with Crippen molar-refractivity contribution in [2.24, 2.45) is 0 Å². The van der Waals surface area contributed by atoms with Gasteiger partial charge in [-0.25, -0.2) is 0 Å². The Labute approximate surface area is 160 Å². The molecule has 0 N–H and O–H groups in total. The predicted molar refractivity (Wildman–Crippen MR) is 96.1 cm³/mol. The molecule has 146 valence electrons. The smallest absolute Gasteiger partial charge is 0.387 e. The molecule has 0 saturated carbocycles. The minimum Gasteiger partial charge on any atom is -0.493 e. The molecule has 2 aromatic heterocycles. The zero-order chi connectivity index (χ0) is 19.9. The minimum atomic E-state index is -2.99. The molecular formula is C20H18F2N2O4. The number of hydrogen-bond donors (Lipinski definition) is 0. The molecule has 28 heavy (non-hydrogen) atoms. The maximum Gasteiger partial charge on any atom is 0.387 e. The van der Waals surface area contributed by atoms with Gasteiger partial charge in [-0.1, -0.05) is 6.07 Å². The lowest BCUT2D eigenvalue weighted by Gasteiger charge is -2.22. The summed E-state index contributed by atoms with van der Waals surface area (Å²) in [5, 5.41) is 0. The molecule has 3 rings (SSSR count). The summed E-state index contributed by atoms with van der Waals surface area (Å²) in [7, 11) is 1.32. The number of alkyl halides is 2. The number of rotatable bonds is 8. The van der Waals surface area contributed by atoms with Crippen molar-refractivity contribution >= 4 is 5.91 Å². The topological polar surface area (TPSA) is 64.8 Å². The Morgan fingerprint density at radius 2 is 2.04 bits per heavy atom. The van der Waals surface area contributed by atoms with Crippen LogP contribution in [0, 0.1) is 0 Å². The van der Waals surface area contributed by atoms with E-state index in [0.717, 1.165) is 5.56 Å². The van der Waals surface area contributed by atoms with Gasteiger partial charge in [-0.2, -0.15) is 8.78 Å². The monoisotopic (exact) mass is 388 g/mol. The van der Waals surface area contributed by atoms with Crippen LogP contribution in [0.25, 0.3) is 0 Å². The van der Waals surface area contributed by atoms with Crippen LogP contribution in [-0.4, -0.2) is 29.5 Å². The van der Waals surface area contributed by atoms with E-state index in [2.05, 4.69) is 9.72 Å². The van der Waals surface area contributed by atoms with Crippen LogP contribution in [-0.2, 0) is 13.1 Å². The highest BCUT2D eigenvalue weighted by Gasteiger charge is 2.20. The third-order valence-electron chi connectivity index (χ3n) is 3.94. The zero-order valence-electron chi connectivity index (χ0n) is 15.0. The van der Waals surface area contributed by atoms with Gasteiger partial charge in [0.15, 0.2) is 11.5 Å². The Bertz CT molecular complexity index is 902. The average molecular weight is 388 g/mol. The number of halogens is 2. The summed E-state index contributed by atoms with van der Waals surface area (Å²) in [6, 6.07) is 11.2. The van der Waals surface area contributed by atoms with Gasteiger partial charge in [-0.15, -0.1) is 0 Å². The van der Waals surface area contributed by atoms with Gasteiger partial charge in [0.1, 0.15) is 5.76 Å². The van der Waals surface area contributed by atoms with Crippen molar-refractivity contribution in [2.75, 3.05) is 7.11 Å². The van der Waals surface area contributed by atoms with Crippen LogP contribution in [0.1, 0.15) is 21.7 Å². The molecule has 2 heterocycles. The number of hydrogen-bond acceptors (Lipinski definition) is 5. The second kappa shape index (κ2) is 8.98. The van der Waals surface area contributed by atoms with Crippen LogP contribution in [0.4, 0.5) is 8.78 Å². The molecule has 0 fully saturated rings. The molecule has 0 bridgehead atoms. The lowest BCUT2D eigenvalue weighted by atomic mass is 10.1. The zero-order valence-corrected chi connectivity index (χ0v) is 15.0. The number of methoxy groups -OCH3 is 1. The first-order chi connectivity index (χ1) is 13.6. The number of aromatic nitrogens is 1. The number of ether oxygens (including phenoxy) is 2. The SMILES string of the molecule is COc1cc(C(=O)N(Cc2cccnc2)Cc2ccco2)ccc1OC(F)F. The van der Waals surface area contributed by atoms with E-state index >= 15 is 0 Å². The van der Waals surface area contributed by atoms with Crippen molar-refractivity contribution in [3.05, 3.63) is 78.0 Å². The van der Waals surface area contributed by atoms with E-state index in [1.807, 2.05) is 6.07 Å². The van der Waals surface area contributed by atoms with Gasteiger partial charge in [0.25, 0.3) is 5.91 Å². The molecule has 0 aliphatic carbocycles. The summed E-state index contributed by atoms with van der Waals surface area (Å²) in [4.78, 5) is 18.7. The van der Waals surface area contributed by atoms with Crippen molar-refractivity contribution in [1.29, 1.82) is 0 Å². The molecule has 3 aromatic rings. The highest BCUT2D eigenvalue weighted by Crippen LogP contribution is 2.30. The van der Waals surface area contributed by atoms with Crippen LogP contribution in [0.15, 0.2) is 65.5 Å². The molecule has 6 nitrogen and oxygen atoms in total. The first kappa shape index (κ1) is 19.3. The summed E-state index contributed by atoms with van der Waals surface area (Å²) >= 11 is 0. The molecular weight excluding hydrogens is 370 g/mol. The third kappa shape index (κ3) is 4.85. The molecule has 0 spiro atoms. The van der Waals surface area contributed by atoms with E-state index in [0.29, 0.717) is 12.3 Å². The summed E-state index contributed by atoms with van der Waals surface area (Å²) in [5.41, 5.74) is 1.11. The first-order valence-electron chi connectivity index (χ1n) is 8.40. The molecule has 0 aliphatic rings. The Hall–Kier alpha value is -3.42. The highest BCUT2D eigenvalue weighted by atomic mass is 19.3. The van der Waals surface area contributed by atoms with E-state index in [9.17, 15) is 13.6 Å². The van der Waals surface area contributed by atoms with Crippen molar-refractivity contribution in [2.45, 2.75) is 19.7 Å². The van der Waals surface area contributed by atoms with Gasteiger partial charge in [0.05, 0.1) is 19.9 Å². The number of carbonyl (C=O) groups excluding carboxylic acids is 1. The Morgan fingerprint density at radius 3 is 2.68 bits per heavy atom. The van der Waals surface area contributed by atoms with E-state index < -0.39 is 6.61 Å². The second-order valence-electron chi connectivity index (χ2n) is 5.85. The van der Waals surface area contributed by atoms with Crippen LogP contribution in [0.5, 0.6) is 11.5 Å². The van der Waals surface area contributed by atoms with Crippen molar-refractivity contribution in [3.63, 3.8) is 0 Å². The fourth-order valence-electron chi connectivity index (χ4n) is 2.68. The lowest BCUT2D eigenvalue weighted by molar-refractivity contribution is -0.0512. The lowest BCUT2D eigenvalue weighted by Crippen LogP contribution is -2.30. The molecule has 0 unspecified atom stereocenters. The van der Waals surface area contributed by atoms with E-state index in [-0.39, 0.29) is 29.5 Å². The van der Waals surface area contributed by atoms with Crippen LogP contribution < -0.4 is 9.47 Å². The third-order valence-corrected chi connectivity index (χ3v) is 3.94. The summed E-state index contributed by atoms with van der Waals surface area (Å²) in [6.45, 7) is -2.46. The molecule has 0 atom stereocenters. The highest BCUT2D eigenvalue weighted by molar-refractivity contribution is 5.94. The quantitative estimate of drug-likeness (QED) is 0.581. The Kier molecular flexibility index (Phi) is 6.21. The maximum atomic E-state index is 13.1. The van der Waals surface area contributed by atoms with Gasteiger partial charge >= 0.3 is 6.61 Å². The summed E-state index contributed by atoms with van der Waals surface area (Å²) in [5.74, 6) is 0.202. The van der Waals surface area contributed by atoms with Gasteiger partial charge in [0.2, 0.25) is 0 Å². The minimum absolute atomic E-state index is 0.0467. The Morgan fingerprint density at radius 1 is 1.18 bits per heavy atom. The van der Waals surface area contributed by atoms with Gasteiger partial charge in [-0.05, 0) is 42.0 Å². The van der Waals surface area contributed by atoms with Gasteiger partial charge in [-0.3, -0.25) is 9.78 Å². The molecule has 0 aliphatic heterocycles. The number of benzene rings is 1. The number of furan rings is 1. The molecule has 0 radical (unpaired) electrons. The van der Waals surface area contributed by atoms with E-state index in [1.165, 1.54) is 31.6 Å². The maximum absolute atomic E-state index is 13.1. The van der Waals surface area contributed by atoms with Crippen molar-refractivity contribution < 1.29 is 27.5 Å². The van der Waals surface area contributed by atoms with Crippen molar-refractivity contribution in [3.8, 4) is 11.5 Å². The van der Waals surface area contributed by atoms with E-state index in [4.69, 9.17) is 9.15 Å². The largest absolute Gasteiger partial charge is 0.493 e. The molecule has 0 saturated heterocycles. The van der Waals surface area contributed by atoms with Gasteiger partial charge < -0.3 is 18.8 Å². The molecule has 8 heteroatoms. The summed E-state index contributed by atoms with van der Waals surface area (Å²) < 4.78 is 39.9. The fraction of sp³-hybridized carbons (Fsp3) is 0.200. The van der Waals surface area contributed by atoms with Crippen LogP contribution in [0.2, 0.25) is 0 Å². The van der Waals surface area contributed by atoms with Crippen molar-refractivity contribution in [1.82, 2.24) is 9.88 Å². The standard InChI is InChI=1S/C20H18F2N2O4/c1-26-18-10-15(6-7-17(18)28-20(21)22)19(25)24(13-16-5-3-9-27-16)12-14-4-2-8-23-11-14/h2-11,20H,12-13H2,1H3. The number of amides is 1. The molecule has 1 amide bonds. The van der Waals surface area contributed by atoms with E-state index in [1.54, 1.807) is 35.5 Å². The summed E-state index contributed by atoms with van der Waals surface area (Å²) in [6.07, 6.45) is 4.85. The number of nitrogens with zero attached hydrogens (tertiary/aromatic N) is 2.